The van der Waals surface area contributed by atoms with E-state index in [4.69, 9.17) is 9.47 Å². The zero-order valence-electron chi connectivity index (χ0n) is 17.1. The molecule has 1 fully saturated rings. The summed E-state index contributed by atoms with van der Waals surface area (Å²) in [6, 6.07) is 13.6. The Balaban J connectivity index is 1.60. The van der Waals surface area contributed by atoms with Gasteiger partial charge in [-0.2, -0.15) is 0 Å². The second-order valence-corrected chi connectivity index (χ2v) is 7.08. The minimum Gasteiger partial charge on any atom is -0.497 e. The summed E-state index contributed by atoms with van der Waals surface area (Å²) in [5, 5.41) is 2.99. The summed E-state index contributed by atoms with van der Waals surface area (Å²) in [5.41, 5.74) is 3.24. The summed E-state index contributed by atoms with van der Waals surface area (Å²) < 4.78 is 10.5. The predicted molar refractivity (Wildman–Crippen MR) is 113 cm³/mol. The second-order valence-electron chi connectivity index (χ2n) is 7.08. The number of benzene rings is 2. The van der Waals surface area contributed by atoms with E-state index in [9.17, 15) is 4.79 Å². The number of carbonyl (C=O) groups is 1. The highest BCUT2D eigenvalue weighted by Gasteiger charge is 2.26. The molecule has 0 radical (unpaired) electrons. The van der Waals surface area contributed by atoms with Gasteiger partial charge in [-0.15, -0.1) is 0 Å². The van der Waals surface area contributed by atoms with E-state index < -0.39 is 0 Å². The lowest BCUT2D eigenvalue weighted by Crippen LogP contribution is -2.53. The number of nitrogens with one attached hydrogen (secondary N) is 1. The van der Waals surface area contributed by atoms with Crippen LogP contribution in [-0.4, -0.2) is 57.2 Å². The Morgan fingerprint density at radius 2 is 1.61 bits per heavy atom. The van der Waals surface area contributed by atoms with E-state index in [0.717, 1.165) is 26.2 Å². The van der Waals surface area contributed by atoms with Crippen LogP contribution in [0.3, 0.4) is 0 Å². The van der Waals surface area contributed by atoms with Gasteiger partial charge >= 0.3 is 0 Å². The molecule has 2 aromatic rings. The number of ether oxygens (including phenoxy) is 2. The molecule has 28 heavy (non-hydrogen) atoms. The van der Waals surface area contributed by atoms with Gasteiger partial charge in [0.05, 0.1) is 20.3 Å². The summed E-state index contributed by atoms with van der Waals surface area (Å²) in [6.45, 7) is 7.62. The normalized spacial score (nSPS) is 15.8. The number of nitrogens with zero attached hydrogens (tertiary/aromatic N) is 2. The maximum atomic E-state index is 12.8. The van der Waals surface area contributed by atoms with Gasteiger partial charge in [-0.05, 0) is 25.5 Å². The minimum atomic E-state index is -0.212. The molecule has 150 valence electrons. The van der Waals surface area contributed by atoms with Crippen molar-refractivity contribution in [1.82, 2.24) is 4.90 Å². The van der Waals surface area contributed by atoms with Crippen molar-refractivity contribution in [2.45, 2.75) is 19.9 Å². The highest BCUT2D eigenvalue weighted by molar-refractivity contribution is 5.95. The number of anilines is 2. The van der Waals surface area contributed by atoms with Crippen molar-refractivity contribution in [3.63, 3.8) is 0 Å². The van der Waals surface area contributed by atoms with Gasteiger partial charge in [0.25, 0.3) is 0 Å². The molecule has 2 aromatic carbocycles. The largest absolute Gasteiger partial charge is 0.497 e. The fourth-order valence-electron chi connectivity index (χ4n) is 3.56. The zero-order chi connectivity index (χ0) is 20.1. The number of hydrogen-bond donors (Lipinski definition) is 1. The van der Waals surface area contributed by atoms with Gasteiger partial charge in [-0.1, -0.05) is 18.2 Å². The molecule has 1 amide bonds. The van der Waals surface area contributed by atoms with Gasteiger partial charge < -0.3 is 19.7 Å². The zero-order valence-corrected chi connectivity index (χ0v) is 17.1. The monoisotopic (exact) mass is 383 g/mol. The van der Waals surface area contributed by atoms with E-state index in [1.807, 2.05) is 6.92 Å². The summed E-state index contributed by atoms with van der Waals surface area (Å²) >= 11 is 0. The number of piperazine rings is 1. The van der Waals surface area contributed by atoms with Crippen molar-refractivity contribution in [3.05, 3.63) is 48.0 Å². The first-order chi connectivity index (χ1) is 13.5. The van der Waals surface area contributed by atoms with E-state index in [-0.39, 0.29) is 11.9 Å². The van der Waals surface area contributed by atoms with Crippen molar-refractivity contribution >= 4 is 17.3 Å². The summed E-state index contributed by atoms with van der Waals surface area (Å²) in [6.07, 6.45) is 0. The molecule has 0 aliphatic carbocycles. The Labute approximate surface area is 167 Å². The van der Waals surface area contributed by atoms with Crippen molar-refractivity contribution < 1.29 is 14.3 Å². The molecule has 6 nitrogen and oxygen atoms in total. The molecule has 1 atom stereocenters. The van der Waals surface area contributed by atoms with Crippen LogP contribution in [0.5, 0.6) is 11.5 Å². The van der Waals surface area contributed by atoms with Crippen molar-refractivity contribution in [3.8, 4) is 11.5 Å². The molecule has 0 bridgehead atoms. The van der Waals surface area contributed by atoms with Gasteiger partial charge in [0.2, 0.25) is 5.91 Å². The van der Waals surface area contributed by atoms with Crippen LogP contribution >= 0.6 is 0 Å². The standard InChI is InChI=1S/C22H29N3O3/c1-16-7-5-6-8-21(16)25-11-9-24(10-12-25)17(2)22(26)23-18-13-19(27-3)15-20(14-18)28-4/h5-8,13-15,17H,9-12H2,1-4H3,(H,23,26). The lowest BCUT2D eigenvalue weighted by molar-refractivity contribution is -0.120. The maximum absolute atomic E-state index is 12.8. The van der Waals surface area contributed by atoms with E-state index in [1.165, 1.54) is 11.3 Å². The molecule has 1 saturated heterocycles. The van der Waals surface area contributed by atoms with Gasteiger partial charge in [-0.25, -0.2) is 0 Å². The Hall–Kier alpha value is -2.73. The summed E-state index contributed by atoms with van der Waals surface area (Å²) in [7, 11) is 3.19. The number of para-hydroxylation sites is 1. The first-order valence-electron chi connectivity index (χ1n) is 9.60. The molecular weight excluding hydrogens is 354 g/mol. The maximum Gasteiger partial charge on any atom is 0.241 e. The van der Waals surface area contributed by atoms with Crippen LogP contribution in [-0.2, 0) is 4.79 Å². The molecule has 1 aliphatic rings. The molecule has 0 aromatic heterocycles. The van der Waals surface area contributed by atoms with Gasteiger partial charge in [0, 0.05) is 55.8 Å². The second kappa shape index (κ2) is 8.97. The fraction of sp³-hybridized carbons (Fsp3) is 0.409. The molecular formula is C22H29N3O3. The van der Waals surface area contributed by atoms with Crippen molar-refractivity contribution in [2.75, 3.05) is 50.6 Å². The number of hydrogen-bond acceptors (Lipinski definition) is 5. The Morgan fingerprint density at radius 1 is 1.00 bits per heavy atom. The molecule has 0 saturated carbocycles. The summed E-state index contributed by atoms with van der Waals surface area (Å²) in [5.74, 6) is 1.27. The molecule has 1 aliphatic heterocycles. The van der Waals surface area contributed by atoms with Crippen molar-refractivity contribution in [2.24, 2.45) is 0 Å². The quantitative estimate of drug-likeness (QED) is 0.830. The van der Waals surface area contributed by atoms with Crippen LogP contribution < -0.4 is 19.7 Å². The number of carbonyl (C=O) groups excluding carboxylic acids is 1. The van der Waals surface area contributed by atoms with Gasteiger partial charge in [-0.3, -0.25) is 9.69 Å². The lowest BCUT2D eigenvalue weighted by Gasteiger charge is -2.39. The minimum absolute atomic E-state index is 0.0281. The molecule has 6 heteroatoms. The number of rotatable bonds is 6. The average Bonchev–Trinajstić information content (AvgIpc) is 2.73. The Morgan fingerprint density at radius 3 is 2.18 bits per heavy atom. The SMILES string of the molecule is COc1cc(NC(=O)C(C)N2CCN(c3ccccc3C)CC2)cc(OC)c1. The number of aryl methyl sites for hydroxylation is 1. The number of methoxy groups -OCH3 is 2. The first kappa shape index (κ1) is 20.0. The van der Waals surface area contributed by atoms with Crippen LogP contribution in [0.25, 0.3) is 0 Å². The fourth-order valence-corrected chi connectivity index (χ4v) is 3.56. The molecule has 1 heterocycles. The Kier molecular flexibility index (Phi) is 6.41. The van der Waals surface area contributed by atoms with Gasteiger partial charge in [0.1, 0.15) is 11.5 Å². The predicted octanol–water partition coefficient (Wildman–Crippen LogP) is 3.16. The van der Waals surface area contributed by atoms with Crippen LogP contribution in [0.4, 0.5) is 11.4 Å². The van der Waals surface area contributed by atoms with Crippen LogP contribution in [0.1, 0.15) is 12.5 Å². The van der Waals surface area contributed by atoms with Crippen LogP contribution in [0.2, 0.25) is 0 Å². The van der Waals surface area contributed by atoms with E-state index in [2.05, 4.69) is 46.3 Å². The van der Waals surface area contributed by atoms with Crippen LogP contribution in [0.15, 0.2) is 42.5 Å². The smallest absolute Gasteiger partial charge is 0.241 e. The topological polar surface area (TPSA) is 54.0 Å². The van der Waals surface area contributed by atoms with E-state index >= 15 is 0 Å². The van der Waals surface area contributed by atoms with Crippen molar-refractivity contribution in [1.29, 1.82) is 0 Å². The van der Waals surface area contributed by atoms with E-state index in [1.54, 1.807) is 32.4 Å². The van der Waals surface area contributed by atoms with E-state index in [0.29, 0.717) is 17.2 Å². The van der Waals surface area contributed by atoms with Gasteiger partial charge in [0.15, 0.2) is 0 Å². The highest BCUT2D eigenvalue weighted by Crippen LogP contribution is 2.26. The average molecular weight is 383 g/mol. The third-order valence-corrected chi connectivity index (χ3v) is 5.32. The third kappa shape index (κ3) is 4.57. The molecule has 0 spiro atoms. The third-order valence-electron chi connectivity index (χ3n) is 5.32. The Bertz CT molecular complexity index is 794. The molecule has 1 N–H and O–H groups in total. The summed E-state index contributed by atoms with van der Waals surface area (Å²) in [4.78, 5) is 17.4. The molecule has 1 unspecified atom stereocenters. The lowest BCUT2D eigenvalue weighted by atomic mass is 10.1. The molecule has 3 rings (SSSR count). The first-order valence-corrected chi connectivity index (χ1v) is 9.60. The number of amides is 1. The van der Waals surface area contributed by atoms with Crippen LogP contribution in [0, 0.1) is 6.92 Å². The highest BCUT2D eigenvalue weighted by atomic mass is 16.5.